The second-order valence-electron chi connectivity index (χ2n) is 10.4. The van der Waals surface area contributed by atoms with Gasteiger partial charge in [0, 0.05) is 30.4 Å². The number of nitrogens with one attached hydrogen (secondary N) is 1. The molecular weight excluding hydrogens is 561 g/mol. The van der Waals surface area contributed by atoms with Crippen molar-refractivity contribution in [3.8, 4) is 11.8 Å². The zero-order chi connectivity index (χ0) is 29.7. The Labute approximate surface area is 234 Å². The summed E-state index contributed by atoms with van der Waals surface area (Å²) >= 11 is 0. The van der Waals surface area contributed by atoms with Gasteiger partial charge in [0.2, 0.25) is 0 Å². The van der Waals surface area contributed by atoms with Gasteiger partial charge < -0.3 is 15.0 Å². The molecule has 0 spiro atoms. The van der Waals surface area contributed by atoms with Crippen LogP contribution in [0.2, 0.25) is 0 Å². The molecule has 2 aliphatic rings. The molecule has 0 radical (unpaired) electrons. The SMILES string of the molecule is Cc1cc(-n2nc(C)cc2N2C[C@H](S(=O)(=O)c3ccccc3C(F)(F)F)C[C@@H]2OC(=O)NC2(C#N)CC2)cc(C)n1. The summed E-state index contributed by atoms with van der Waals surface area (Å²) in [6, 6.07) is 11.3. The number of rotatable bonds is 6. The van der Waals surface area contributed by atoms with Crippen molar-refractivity contribution >= 4 is 21.7 Å². The molecule has 10 nitrogen and oxygen atoms in total. The highest BCUT2D eigenvalue weighted by Gasteiger charge is 2.49. The molecule has 1 amide bonds. The lowest BCUT2D eigenvalue weighted by molar-refractivity contribution is -0.139. The largest absolute Gasteiger partial charge is 0.425 e. The number of nitriles is 1. The van der Waals surface area contributed by atoms with E-state index in [1.54, 1.807) is 29.8 Å². The minimum absolute atomic E-state index is 0.274. The third-order valence-electron chi connectivity index (χ3n) is 7.12. The Bertz CT molecular complexity index is 1640. The van der Waals surface area contributed by atoms with Crippen LogP contribution in [0.3, 0.4) is 0 Å². The second kappa shape index (κ2) is 10.1. The van der Waals surface area contributed by atoms with Crippen molar-refractivity contribution in [3.63, 3.8) is 0 Å². The normalized spacial score (nSPS) is 20.0. The Kier molecular flexibility index (Phi) is 6.97. The van der Waals surface area contributed by atoms with Crippen molar-refractivity contribution in [1.82, 2.24) is 20.1 Å². The average molecular weight is 589 g/mol. The van der Waals surface area contributed by atoms with E-state index in [9.17, 15) is 31.6 Å². The molecule has 1 aromatic carbocycles. The summed E-state index contributed by atoms with van der Waals surface area (Å²) < 4.78 is 75.9. The van der Waals surface area contributed by atoms with Gasteiger partial charge in [0.25, 0.3) is 0 Å². The summed E-state index contributed by atoms with van der Waals surface area (Å²) in [4.78, 5) is 17.9. The topological polar surface area (TPSA) is 130 Å². The van der Waals surface area contributed by atoms with E-state index in [0.717, 1.165) is 18.2 Å². The summed E-state index contributed by atoms with van der Waals surface area (Å²) in [6.07, 6.45) is -6.40. The third kappa shape index (κ3) is 5.58. The lowest BCUT2D eigenvalue weighted by Crippen LogP contribution is -2.42. The monoisotopic (exact) mass is 588 g/mol. The van der Waals surface area contributed by atoms with Crippen LogP contribution >= 0.6 is 0 Å². The van der Waals surface area contributed by atoms with E-state index in [0.29, 0.717) is 41.4 Å². The van der Waals surface area contributed by atoms with Gasteiger partial charge in [0.15, 0.2) is 16.1 Å². The minimum Gasteiger partial charge on any atom is -0.425 e. The van der Waals surface area contributed by atoms with Gasteiger partial charge in [0.05, 0.1) is 33.2 Å². The quantitative estimate of drug-likeness (QED) is 0.449. The summed E-state index contributed by atoms with van der Waals surface area (Å²) in [5, 5.41) is 15.1. The number of halogens is 3. The van der Waals surface area contributed by atoms with Crippen LogP contribution in [0.5, 0.6) is 0 Å². The Balaban J connectivity index is 1.55. The molecule has 41 heavy (non-hydrogen) atoms. The summed E-state index contributed by atoms with van der Waals surface area (Å²) in [6.45, 7) is 5.08. The van der Waals surface area contributed by atoms with Crippen LogP contribution in [0, 0.1) is 32.1 Å². The molecule has 1 aliphatic carbocycles. The van der Waals surface area contributed by atoms with Gasteiger partial charge >= 0.3 is 12.3 Å². The maximum absolute atomic E-state index is 13.8. The number of ether oxygens (including phenoxy) is 1. The highest BCUT2D eigenvalue weighted by Crippen LogP contribution is 2.40. The number of alkyl carbamates (subject to hydrolysis) is 1. The van der Waals surface area contributed by atoms with E-state index >= 15 is 0 Å². The smallest absolute Gasteiger partial charge is 0.417 e. The number of sulfone groups is 1. The second-order valence-corrected chi connectivity index (χ2v) is 12.6. The molecular formula is C27H27F3N6O4S. The number of benzene rings is 1. The van der Waals surface area contributed by atoms with Crippen LogP contribution in [-0.2, 0) is 20.8 Å². The molecule has 2 atom stereocenters. The number of nitrogens with zero attached hydrogens (tertiary/aromatic N) is 5. The van der Waals surface area contributed by atoms with Crippen molar-refractivity contribution in [2.75, 3.05) is 11.4 Å². The van der Waals surface area contributed by atoms with Crippen LogP contribution in [-0.4, -0.2) is 52.8 Å². The van der Waals surface area contributed by atoms with Crippen molar-refractivity contribution in [1.29, 1.82) is 5.26 Å². The maximum atomic E-state index is 13.8. The van der Waals surface area contributed by atoms with Crippen LogP contribution in [0.4, 0.5) is 23.8 Å². The number of alkyl halides is 3. The molecule has 2 fully saturated rings. The van der Waals surface area contributed by atoms with Gasteiger partial charge in [0.1, 0.15) is 11.4 Å². The number of aryl methyl sites for hydroxylation is 3. The number of carbonyl (C=O) groups is 1. The van der Waals surface area contributed by atoms with Crippen molar-refractivity contribution in [2.45, 2.75) is 68.1 Å². The molecule has 216 valence electrons. The molecule has 1 saturated carbocycles. The van der Waals surface area contributed by atoms with Crippen molar-refractivity contribution in [3.05, 3.63) is 65.1 Å². The van der Waals surface area contributed by atoms with Crippen LogP contribution in [0.15, 0.2) is 47.4 Å². The first-order valence-electron chi connectivity index (χ1n) is 12.8. The molecule has 3 aromatic rings. The van der Waals surface area contributed by atoms with Crippen LogP contribution in [0.1, 0.15) is 41.9 Å². The van der Waals surface area contributed by atoms with Crippen molar-refractivity contribution < 1.29 is 31.1 Å². The Morgan fingerprint density at radius 2 is 1.78 bits per heavy atom. The molecule has 1 saturated heterocycles. The van der Waals surface area contributed by atoms with Gasteiger partial charge in [-0.1, -0.05) is 12.1 Å². The number of pyridine rings is 1. The van der Waals surface area contributed by atoms with Gasteiger partial charge in [-0.2, -0.15) is 23.5 Å². The first kappa shape index (κ1) is 28.4. The standard InChI is InChI=1S/C27H27F3N6O4S/c1-16-10-19(11-17(2)32-16)36-23(12-18(3)34-36)35-14-20(13-24(35)40-25(37)33-26(15-31)8-9-26)41(38,39)22-7-5-4-6-21(22)27(28,29)30/h4-7,10-12,20,24H,8-9,13-14H2,1-3H3,(H,33,37)/t20-,24+/m1/s1. The highest BCUT2D eigenvalue weighted by molar-refractivity contribution is 7.92. The van der Waals surface area contributed by atoms with E-state index in [4.69, 9.17) is 4.74 Å². The first-order chi connectivity index (χ1) is 19.2. The van der Waals surface area contributed by atoms with Crippen molar-refractivity contribution in [2.24, 2.45) is 0 Å². The number of aromatic nitrogens is 3. The maximum Gasteiger partial charge on any atom is 0.417 e. The molecule has 0 unspecified atom stereocenters. The van der Waals surface area contributed by atoms with Crippen LogP contribution in [0.25, 0.3) is 5.69 Å². The molecule has 5 rings (SSSR count). The van der Waals surface area contributed by atoms with E-state index < -0.39 is 49.6 Å². The number of anilines is 1. The molecule has 0 bridgehead atoms. The lowest BCUT2D eigenvalue weighted by Gasteiger charge is -2.27. The summed E-state index contributed by atoms with van der Waals surface area (Å²) in [7, 11) is -4.54. The van der Waals surface area contributed by atoms with E-state index in [2.05, 4.69) is 15.4 Å². The van der Waals surface area contributed by atoms with Gasteiger partial charge in [-0.05, 0) is 57.9 Å². The Morgan fingerprint density at radius 3 is 2.39 bits per heavy atom. The highest BCUT2D eigenvalue weighted by atomic mass is 32.2. The zero-order valence-electron chi connectivity index (χ0n) is 22.4. The predicted octanol–water partition coefficient (Wildman–Crippen LogP) is 4.37. The van der Waals surface area contributed by atoms with E-state index in [1.165, 1.54) is 11.0 Å². The van der Waals surface area contributed by atoms with Gasteiger partial charge in [-0.25, -0.2) is 17.9 Å². The van der Waals surface area contributed by atoms with E-state index in [-0.39, 0.29) is 13.0 Å². The number of hydrogen-bond acceptors (Lipinski definition) is 8. The number of amides is 1. The molecule has 1 N–H and O–H groups in total. The summed E-state index contributed by atoms with van der Waals surface area (Å²) in [5.74, 6) is 0.383. The Hall–Kier alpha value is -4.12. The molecule has 2 aromatic heterocycles. The third-order valence-corrected chi connectivity index (χ3v) is 9.30. The lowest BCUT2D eigenvalue weighted by atomic mass is 10.2. The number of carbonyl (C=O) groups excluding carboxylic acids is 1. The Morgan fingerprint density at radius 1 is 1.12 bits per heavy atom. The summed E-state index contributed by atoms with van der Waals surface area (Å²) in [5.41, 5.74) is 0.317. The van der Waals surface area contributed by atoms with Crippen LogP contribution < -0.4 is 10.2 Å². The van der Waals surface area contributed by atoms with Gasteiger partial charge in [-0.3, -0.25) is 4.98 Å². The minimum atomic E-state index is -4.89. The zero-order valence-corrected chi connectivity index (χ0v) is 23.3. The predicted molar refractivity (Wildman–Crippen MR) is 141 cm³/mol. The first-order valence-corrected chi connectivity index (χ1v) is 14.4. The average Bonchev–Trinajstić information content (AvgIpc) is 3.35. The molecule has 14 heteroatoms. The van der Waals surface area contributed by atoms with Gasteiger partial charge in [-0.15, -0.1) is 0 Å². The fourth-order valence-corrected chi connectivity index (χ4v) is 6.92. The fourth-order valence-electron chi connectivity index (χ4n) is 5.02. The fraction of sp³-hybridized carbons (Fsp3) is 0.407. The number of hydrogen-bond donors (Lipinski definition) is 1. The molecule has 1 aliphatic heterocycles. The molecule has 3 heterocycles. The van der Waals surface area contributed by atoms with E-state index in [1.807, 2.05) is 19.9 Å².